The van der Waals surface area contributed by atoms with Crippen LogP contribution in [0.5, 0.6) is 0 Å². The molecule has 0 radical (unpaired) electrons. The van der Waals surface area contributed by atoms with E-state index in [4.69, 9.17) is 14.6 Å². The molecule has 0 bridgehead atoms. The smallest absolute Gasteiger partial charge is 0.335 e. The number of rotatable bonds is 6. The Morgan fingerprint density at radius 2 is 2.04 bits per heavy atom. The van der Waals surface area contributed by atoms with E-state index >= 15 is 0 Å². The second-order valence-corrected chi connectivity index (χ2v) is 7.07. The van der Waals surface area contributed by atoms with Gasteiger partial charge in [0.1, 0.15) is 0 Å². The molecule has 1 aromatic carbocycles. The van der Waals surface area contributed by atoms with Crippen LogP contribution >= 0.6 is 0 Å². The van der Waals surface area contributed by atoms with Crippen molar-refractivity contribution in [1.29, 1.82) is 0 Å². The Labute approximate surface area is 140 Å². The van der Waals surface area contributed by atoms with Crippen LogP contribution in [-0.2, 0) is 29.1 Å². The van der Waals surface area contributed by atoms with E-state index < -0.39 is 34.6 Å². The molecule has 132 valence electrons. The first kappa shape index (κ1) is 18.4. The Morgan fingerprint density at radius 3 is 2.58 bits per heavy atom. The van der Waals surface area contributed by atoms with E-state index in [1.165, 1.54) is 12.1 Å². The number of nitrogens with two attached hydrogens (primary N) is 1. The molecule has 0 aromatic heterocycles. The van der Waals surface area contributed by atoms with Crippen LogP contribution in [0.2, 0.25) is 0 Å². The summed E-state index contributed by atoms with van der Waals surface area (Å²) >= 11 is 0. The van der Waals surface area contributed by atoms with Gasteiger partial charge in [-0.1, -0.05) is 12.1 Å². The third-order valence-electron chi connectivity index (χ3n) is 3.62. The molecule has 24 heavy (non-hydrogen) atoms. The van der Waals surface area contributed by atoms with Crippen LogP contribution in [-0.4, -0.2) is 39.6 Å². The Balaban J connectivity index is 1.83. The summed E-state index contributed by atoms with van der Waals surface area (Å²) in [6.07, 6.45) is 0.825. The highest BCUT2D eigenvalue weighted by molar-refractivity contribution is 7.89. The summed E-state index contributed by atoms with van der Waals surface area (Å²) in [5, 5.41) is 7.69. The van der Waals surface area contributed by atoms with Crippen molar-refractivity contribution in [2.75, 3.05) is 13.2 Å². The number of primary sulfonamides is 1. The molecular weight excluding hydrogens is 336 g/mol. The topological polar surface area (TPSA) is 125 Å². The van der Waals surface area contributed by atoms with E-state index in [2.05, 4.69) is 5.32 Å². The van der Waals surface area contributed by atoms with Crippen LogP contribution in [0.3, 0.4) is 0 Å². The van der Waals surface area contributed by atoms with Crippen molar-refractivity contribution in [2.45, 2.75) is 36.8 Å². The van der Waals surface area contributed by atoms with E-state index in [9.17, 15) is 18.0 Å². The molecule has 1 aliphatic rings. The first-order valence-corrected chi connectivity index (χ1v) is 9.02. The summed E-state index contributed by atoms with van der Waals surface area (Å²) in [6.45, 7) is 1.86. The molecule has 0 saturated carbocycles. The number of ether oxygens (including phenoxy) is 2. The van der Waals surface area contributed by atoms with Gasteiger partial charge >= 0.3 is 5.97 Å². The van der Waals surface area contributed by atoms with Crippen molar-refractivity contribution in [2.24, 2.45) is 5.14 Å². The predicted molar refractivity (Wildman–Crippen MR) is 84.3 cm³/mol. The maximum absolute atomic E-state index is 11.8. The van der Waals surface area contributed by atoms with Crippen molar-refractivity contribution >= 4 is 21.9 Å². The zero-order chi connectivity index (χ0) is 17.7. The second kappa shape index (κ2) is 7.73. The first-order chi connectivity index (χ1) is 11.3. The van der Waals surface area contributed by atoms with Crippen LogP contribution < -0.4 is 10.5 Å². The zero-order valence-electron chi connectivity index (χ0n) is 13.2. The number of sulfonamides is 1. The van der Waals surface area contributed by atoms with Gasteiger partial charge in [-0.15, -0.1) is 0 Å². The van der Waals surface area contributed by atoms with Crippen molar-refractivity contribution in [1.82, 2.24) is 5.32 Å². The van der Waals surface area contributed by atoms with Crippen molar-refractivity contribution in [3.05, 3.63) is 29.8 Å². The Morgan fingerprint density at radius 1 is 1.38 bits per heavy atom. The van der Waals surface area contributed by atoms with Gasteiger partial charge in [0.25, 0.3) is 5.91 Å². The molecule has 2 atom stereocenters. The first-order valence-electron chi connectivity index (χ1n) is 7.48. The summed E-state index contributed by atoms with van der Waals surface area (Å²) in [5.41, 5.74) is 0.696. The van der Waals surface area contributed by atoms with Crippen molar-refractivity contribution in [3.8, 4) is 0 Å². The van der Waals surface area contributed by atoms with Gasteiger partial charge in [-0.25, -0.2) is 18.4 Å². The molecular formula is C15H20N2O6S. The van der Waals surface area contributed by atoms with Gasteiger partial charge in [0.15, 0.2) is 12.7 Å². The lowest BCUT2D eigenvalue weighted by Gasteiger charge is -2.15. The van der Waals surface area contributed by atoms with Crippen molar-refractivity contribution < 1.29 is 27.5 Å². The molecule has 0 aliphatic carbocycles. The zero-order valence-corrected chi connectivity index (χ0v) is 14.0. The van der Waals surface area contributed by atoms with Crippen molar-refractivity contribution in [3.63, 3.8) is 0 Å². The number of esters is 1. The van der Waals surface area contributed by atoms with Gasteiger partial charge in [0, 0.05) is 6.61 Å². The third-order valence-corrected chi connectivity index (χ3v) is 4.55. The molecule has 2 rings (SSSR count). The van der Waals surface area contributed by atoms with Crippen LogP contribution in [0.25, 0.3) is 0 Å². The number of hydrogen-bond acceptors (Lipinski definition) is 6. The summed E-state index contributed by atoms with van der Waals surface area (Å²) < 4.78 is 32.5. The second-order valence-electron chi connectivity index (χ2n) is 5.51. The van der Waals surface area contributed by atoms with Crippen LogP contribution in [0.4, 0.5) is 0 Å². The van der Waals surface area contributed by atoms with Crippen LogP contribution in [0.15, 0.2) is 29.2 Å². The highest BCUT2D eigenvalue weighted by atomic mass is 32.2. The fourth-order valence-electron chi connectivity index (χ4n) is 2.31. The lowest BCUT2D eigenvalue weighted by atomic mass is 10.1. The maximum atomic E-state index is 11.8. The number of amides is 1. The maximum Gasteiger partial charge on any atom is 0.335 e. The Kier molecular flexibility index (Phi) is 5.92. The van der Waals surface area contributed by atoms with Gasteiger partial charge in [-0.05, 0) is 37.5 Å². The van der Waals surface area contributed by atoms with Gasteiger partial charge in [0.2, 0.25) is 10.0 Å². The molecule has 1 heterocycles. The number of carbonyl (C=O) groups is 2. The number of carbonyl (C=O) groups excluding carboxylic acids is 2. The van der Waals surface area contributed by atoms with E-state index in [0.717, 1.165) is 6.42 Å². The van der Waals surface area contributed by atoms with Gasteiger partial charge < -0.3 is 14.8 Å². The quantitative estimate of drug-likeness (QED) is 0.703. The SMILES string of the molecule is C[C@@H](NC(=O)COC(=O)[C@@H]1CCCO1)c1ccc(S(N)(=O)=O)cc1. The molecule has 1 saturated heterocycles. The number of nitrogens with one attached hydrogen (secondary N) is 1. The average Bonchev–Trinajstić information content (AvgIpc) is 3.06. The minimum absolute atomic E-state index is 0.00438. The summed E-state index contributed by atoms with van der Waals surface area (Å²) in [6, 6.07) is 5.47. The lowest BCUT2D eigenvalue weighted by Crippen LogP contribution is -2.33. The molecule has 0 unspecified atom stereocenters. The highest BCUT2D eigenvalue weighted by Crippen LogP contribution is 2.16. The van der Waals surface area contributed by atoms with Gasteiger partial charge in [-0.2, -0.15) is 0 Å². The summed E-state index contributed by atoms with van der Waals surface area (Å²) in [7, 11) is -3.75. The number of benzene rings is 1. The van der Waals surface area contributed by atoms with E-state index in [1.807, 2.05) is 0 Å². The molecule has 1 aromatic rings. The monoisotopic (exact) mass is 356 g/mol. The highest BCUT2D eigenvalue weighted by Gasteiger charge is 2.25. The molecule has 9 heteroatoms. The lowest BCUT2D eigenvalue weighted by molar-refractivity contribution is -0.157. The minimum Gasteiger partial charge on any atom is -0.454 e. The average molecular weight is 356 g/mol. The predicted octanol–water partition coefficient (Wildman–Crippen LogP) is 0.233. The Bertz CT molecular complexity index is 695. The van der Waals surface area contributed by atoms with Crippen LogP contribution in [0.1, 0.15) is 31.4 Å². The van der Waals surface area contributed by atoms with Crippen LogP contribution in [0, 0.1) is 0 Å². The normalized spacial score (nSPS) is 18.8. The van der Waals surface area contributed by atoms with E-state index in [1.54, 1.807) is 19.1 Å². The molecule has 1 amide bonds. The fourth-order valence-corrected chi connectivity index (χ4v) is 2.82. The molecule has 8 nitrogen and oxygen atoms in total. The minimum atomic E-state index is -3.75. The van der Waals surface area contributed by atoms with Gasteiger partial charge in [0.05, 0.1) is 10.9 Å². The molecule has 0 spiro atoms. The molecule has 1 fully saturated rings. The van der Waals surface area contributed by atoms with E-state index in [0.29, 0.717) is 18.6 Å². The third kappa shape index (κ3) is 5.02. The standard InChI is InChI=1S/C15H20N2O6S/c1-10(11-4-6-12(7-5-11)24(16,20)21)17-14(18)9-23-15(19)13-3-2-8-22-13/h4-7,10,13H,2-3,8-9H2,1H3,(H,17,18)(H2,16,20,21)/t10-,13+/m1/s1. The fraction of sp³-hybridized carbons (Fsp3) is 0.467. The number of hydrogen-bond donors (Lipinski definition) is 2. The summed E-state index contributed by atoms with van der Waals surface area (Å²) in [4.78, 5) is 23.5. The van der Waals surface area contributed by atoms with Gasteiger partial charge in [-0.3, -0.25) is 4.79 Å². The molecule has 1 aliphatic heterocycles. The molecule has 3 N–H and O–H groups in total. The largest absolute Gasteiger partial charge is 0.454 e. The van der Waals surface area contributed by atoms with E-state index in [-0.39, 0.29) is 10.9 Å². The Hall–Kier alpha value is -1.97. The summed E-state index contributed by atoms with van der Waals surface area (Å²) in [5.74, 6) is -0.989.